The highest BCUT2D eigenvalue weighted by molar-refractivity contribution is 7.09. The molecule has 0 aliphatic heterocycles. The van der Waals surface area contributed by atoms with Gasteiger partial charge in [0.25, 0.3) is 0 Å². The predicted molar refractivity (Wildman–Crippen MR) is 68.5 cm³/mol. The van der Waals surface area contributed by atoms with Gasteiger partial charge >= 0.3 is 0 Å². The number of pyridine rings is 1. The van der Waals surface area contributed by atoms with E-state index in [2.05, 4.69) is 15.3 Å². The van der Waals surface area contributed by atoms with Crippen LogP contribution < -0.4 is 10.1 Å². The summed E-state index contributed by atoms with van der Waals surface area (Å²) in [7, 11) is 3.58. The van der Waals surface area contributed by atoms with Crippen molar-refractivity contribution < 1.29 is 4.74 Å². The molecule has 0 spiro atoms. The Hall–Kier alpha value is -1.46. The molecule has 0 saturated carbocycles. The highest BCUT2D eigenvalue weighted by atomic mass is 32.1. The van der Waals surface area contributed by atoms with E-state index in [9.17, 15) is 0 Å². The predicted octanol–water partition coefficient (Wildman–Crippen LogP) is 2.16. The van der Waals surface area contributed by atoms with E-state index in [1.807, 2.05) is 31.7 Å². The minimum atomic E-state index is 0.116. The molecule has 0 aliphatic carbocycles. The van der Waals surface area contributed by atoms with Gasteiger partial charge in [-0.25, -0.2) is 4.98 Å². The number of hydrogen-bond acceptors (Lipinski definition) is 5. The molecule has 2 rings (SSSR count). The molecule has 0 radical (unpaired) electrons. The first-order valence-corrected chi connectivity index (χ1v) is 6.20. The molecule has 2 aromatic heterocycles. The normalized spacial score (nSPS) is 12.4. The molecule has 90 valence electrons. The van der Waals surface area contributed by atoms with Gasteiger partial charge in [0.1, 0.15) is 5.75 Å². The first kappa shape index (κ1) is 12.0. The smallest absolute Gasteiger partial charge is 0.137 e. The third kappa shape index (κ3) is 2.45. The topological polar surface area (TPSA) is 47.0 Å². The van der Waals surface area contributed by atoms with Gasteiger partial charge in [0, 0.05) is 11.1 Å². The zero-order valence-corrected chi connectivity index (χ0v) is 10.9. The summed E-state index contributed by atoms with van der Waals surface area (Å²) in [5.41, 5.74) is 4.00. The fraction of sp³-hybridized carbons (Fsp3) is 0.333. The fourth-order valence-corrected chi connectivity index (χ4v) is 2.68. The fourth-order valence-electron chi connectivity index (χ4n) is 1.74. The molecule has 4 nitrogen and oxygen atoms in total. The highest BCUT2D eigenvalue weighted by Crippen LogP contribution is 2.28. The molecule has 0 saturated heterocycles. The second kappa shape index (κ2) is 5.25. The Labute approximate surface area is 105 Å². The van der Waals surface area contributed by atoms with Crippen molar-refractivity contribution in [3.8, 4) is 5.75 Å². The van der Waals surface area contributed by atoms with E-state index in [1.54, 1.807) is 24.6 Å². The van der Waals surface area contributed by atoms with Gasteiger partial charge < -0.3 is 10.1 Å². The maximum atomic E-state index is 5.19. The molecule has 0 amide bonds. The van der Waals surface area contributed by atoms with Crippen LogP contribution >= 0.6 is 11.3 Å². The summed E-state index contributed by atoms with van der Waals surface area (Å²) >= 11 is 1.65. The first-order chi connectivity index (χ1) is 8.26. The number of rotatable bonds is 4. The van der Waals surface area contributed by atoms with Crippen LogP contribution in [0.4, 0.5) is 0 Å². The maximum Gasteiger partial charge on any atom is 0.137 e. The number of nitrogens with zero attached hydrogens (tertiary/aromatic N) is 2. The Morgan fingerprint density at radius 3 is 2.82 bits per heavy atom. The number of thiazole rings is 1. The molecule has 17 heavy (non-hydrogen) atoms. The Bertz CT molecular complexity index is 498. The van der Waals surface area contributed by atoms with Crippen LogP contribution in [0.3, 0.4) is 0 Å². The molecular weight excluding hydrogens is 234 g/mol. The van der Waals surface area contributed by atoms with Gasteiger partial charge in [0.15, 0.2) is 0 Å². The summed E-state index contributed by atoms with van der Waals surface area (Å²) in [6, 6.07) is 2.11. The molecular formula is C12H15N3OS. The molecule has 0 aliphatic rings. The summed E-state index contributed by atoms with van der Waals surface area (Å²) in [5, 5.41) is 3.29. The zero-order valence-electron chi connectivity index (χ0n) is 10.1. The minimum absolute atomic E-state index is 0.116. The van der Waals surface area contributed by atoms with Gasteiger partial charge in [-0.2, -0.15) is 0 Å². The van der Waals surface area contributed by atoms with Crippen molar-refractivity contribution in [3.05, 3.63) is 40.1 Å². The van der Waals surface area contributed by atoms with Crippen molar-refractivity contribution in [1.82, 2.24) is 15.3 Å². The van der Waals surface area contributed by atoms with Crippen molar-refractivity contribution in [1.29, 1.82) is 0 Å². The minimum Gasteiger partial charge on any atom is -0.495 e. The third-order valence-electron chi connectivity index (χ3n) is 2.64. The van der Waals surface area contributed by atoms with Crippen molar-refractivity contribution in [2.45, 2.75) is 13.0 Å². The number of aryl methyl sites for hydroxylation is 1. The SMILES string of the molecule is CNC(c1cncc(OC)c1)c1scnc1C. The van der Waals surface area contributed by atoms with Gasteiger partial charge in [-0.15, -0.1) is 11.3 Å². The Balaban J connectivity index is 2.38. The summed E-state index contributed by atoms with van der Waals surface area (Å²) in [5.74, 6) is 0.768. The first-order valence-electron chi connectivity index (χ1n) is 5.32. The summed E-state index contributed by atoms with van der Waals surface area (Å²) in [6.45, 7) is 2.02. The lowest BCUT2D eigenvalue weighted by Crippen LogP contribution is -2.17. The highest BCUT2D eigenvalue weighted by Gasteiger charge is 2.17. The average molecular weight is 249 g/mol. The Kier molecular flexibility index (Phi) is 3.71. The number of aromatic nitrogens is 2. The monoisotopic (exact) mass is 249 g/mol. The lowest BCUT2D eigenvalue weighted by Gasteiger charge is -2.15. The van der Waals surface area contributed by atoms with Crippen molar-refractivity contribution in [2.75, 3.05) is 14.2 Å². The van der Waals surface area contributed by atoms with Crippen molar-refractivity contribution >= 4 is 11.3 Å². The van der Waals surface area contributed by atoms with Crippen LogP contribution in [0.2, 0.25) is 0 Å². The summed E-state index contributed by atoms with van der Waals surface area (Å²) in [4.78, 5) is 9.67. The van der Waals surface area contributed by atoms with E-state index in [4.69, 9.17) is 4.74 Å². The van der Waals surface area contributed by atoms with Crippen LogP contribution in [0.5, 0.6) is 5.75 Å². The lowest BCUT2D eigenvalue weighted by atomic mass is 10.1. The quantitative estimate of drug-likeness (QED) is 0.902. The van der Waals surface area contributed by atoms with Gasteiger partial charge in [0.05, 0.1) is 30.6 Å². The van der Waals surface area contributed by atoms with E-state index >= 15 is 0 Å². The van der Waals surface area contributed by atoms with Gasteiger partial charge in [-0.05, 0) is 25.6 Å². The number of nitrogens with one attached hydrogen (secondary N) is 1. The van der Waals surface area contributed by atoms with Gasteiger partial charge in [-0.1, -0.05) is 0 Å². The second-order valence-electron chi connectivity index (χ2n) is 3.68. The van der Waals surface area contributed by atoms with Crippen LogP contribution in [0.1, 0.15) is 22.2 Å². The summed E-state index contributed by atoms with van der Waals surface area (Å²) < 4.78 is 5.19. The van der Waals surface area contributed by atoms with Crippen LogP contribution in [0.15, 0.2) is 24.0 Å². The van der Waals surface area contributed by atoms with Crippen LogP contribution in [-0.4, -0.2) is 24.1 Å². The number of ether oxygens (including phenoxy) is 1. The van der Waals surface area contributed by atoms with E-state index in [-0.39, 0.29) is 6.04 Å². The molecule has 0 aromatic carbocycles. The standard InChI is InChI=1S/C12H15N3OS/c1-8-12(17-7-15-8)11(13-2)9-4-10(16-3)6-14-5-9/h4-7,11,13H,1-3H3. The lowest BCUT2D eigenvalue weighted by molar-refractivity contribution is 0.411. The van der Waals surface area contributed by atoms with E-state index in [1.165, 1.54) is 4.88 Å². The molecule has 2 heterocycles. The van der Waals surface area contributed by atoms with Crippen molar-refractivity contribution in [2.24, 2.45) is 0 Å². The largest absolute Gasteiger partial charge is 0.495 e. The van der Waals surface area contributed by atoms with Gasteiger partial charge in [-0.3, -0.25) is 4.98 Å². The molecule has 1 unspecified atom stereocenters. The number of hydrogen-bond donors (Lipinski definition) is 1. The maximum absolute atomic E-state index is 5.19. The molecule has 5 heteroatoms. The Morgan fingerprint density at radius 2 is 2.24 bits per heavy atom. The summed E-state index contributed by atoms with van der Waals surface area (Å²) in [6.07, 6.45) is 3.55. The average Bonchev–Trinajstić information content (AvgIpc) is 2.77. The zero-order chi connectivity index (χ0) is 12.3. The van der Waals surface area contributed by atoms with Crippen molar-refractivity contribution in [3.63, 3.8) is 0 Å². The molecule has 2 aromatic rings. The van der Waals surface area contributed by atoms with Gasteiger partial charge in [0.2, 0.25) is 0 Å². The van der Waals surface area contributed by atoms with Crippen LogP contribution in [-0.2, 0) is 0 Å². The molecule has 1 N–H and O–H groups in total. The number of methoxy groups -OCH3 is 1. The third-order valence-corrected chi connectivity index (χ3v) is 3.63. The second-order valence-corrected chi connectivity index (χ2v) is 4.57. The van der Waals surface area contributed by atoms with E-state index < -0.39 is 0 Å². The van der Waals surface area contributed by atoms with E-state index in [0.29, 0.717) is 0 Å². The Morgan fingerprint density at radius 1 is 1.41 bits per heavy atom. The van der Waals surface area contributed by atoms with Crippen LogP contribution in [0, 0.1) is 6.92 Å². The van der Waals surface area contributed by atoms with Crippen LogP contribution in [0.25, 0.3) is 0 Å². The molecule has 1 atom stereocenters. The molecule has 0 fully saturated rings. The van der Waals surface area contributed by atoms with E-state index in [0.717, 1.165) is 17.0 Å². The molecule has 0 bridgehead atoms.